The Bertz CT molecular complexity index is 673. The van der Waals surface area contributed by atoms with E-state index in [1.54, 1.807) is 7.11 Å². The van der Waals surface area contributed by atoms with Gasteiger partial charge in [0.15, 0.2) is 0 Å². The van der Waals surface area contributed by atoms with Crippen LogP contribution in [0, 0.1) is 11.8 Å². The Morgan fingerprint density at radius 2 is 1.42 bits per heavy atom. The summed E-state index contributed by atoms with van der Waals surface area (Å²) in [5.74, 6) is 1.76. The molecule has 0 bridgehead atoms. The molecule has 0 atom stereocenters. The van der Waals surface area contributed by atoms with Crippen LogP contribution >= 0.6 is 0 Å². The van der Waals surface area contributed by atoms with Gasteiger partial charge in [-0.25, -0.2) is 0 Å². The third-order valence-electron chi connectivity index (χ3n) is 5.75. The van der Waals surface area contributed by atoms with E-state index in [0.29, 0.717) is 6.61 Å². The van der Waals surface area contributed by atoms with Gasteiger partial charge in [0.25, 0.3) is 0 Å². The van der Waals surface area contributed by atoms with Gasteiger partial charge in [-0.05, 0) is 79.5 Å². The molecule has 0 radical (unpaired) electrons. The molecule has 0 aromatic heterocycles. The summed E-state index contributed by atoms with van der Waals surface area (Å²) >= 11 is 0. The largest absolute Gasteiger partial charge is 0.380 e. The minimum atomic E-state index is 0.676. The van der Waals surface area contributed by atoms with Crippen molar-refractivity contribution < 1.29 is 4.74 Å². The van der Waals surface area contributed by atoms with Gasteiger partial charge in [-0.3, -0.25) is 0 Å². The average molecular weight is 349 g/mol. The lowest BCUT2D eigenvalue weighted by Gasteiger charge is -2.26. The lowest BCUT2D eigenvalue weighted by Crippen LogP contribution is -2.13. The molecular weight excluding hydrogens is 316 g/mol. The minimum absolute atomic E-state index is 0.676. The molecule has 1 fully saturated rings. The van der Waals surface area contributed by atoms with E-state index in [4.69, 9.17) is 4.74 Å². The fraction of sp³-hybridized carbons (Fsp3) is 0.440. The molecule has 0 heterocycles. The molecule has 0 aliphatic heterocycles. The van der Waals surface area contributed by atoms with E-state index in [-0.39, 0.29) is 0 Å². The Balaban J connectivity index is 1.50. The summed E-state index contributed by atoms with van der Waals surface area (Å²) in [6.45, 7) is 2.82. The smallest absolute Gasteiger partial charge is 0.0713 e. The molecule has 1 heteroatoms. The zero-order valence-corrected chi connectivity index (χ0v) is 16.3. The van der Waals surface area contributed by atoms with Gasteiger partial charge in [0.1, 0.15) is 0 Å². The van der Waals surface area contributed by atoms with Crippen LogP contribution in [0.5, 0.6) is 0 Å². The van der Waals surface area contributed by atoms with Gasteiger partial charge < -0.3 is 4.74 Å². The van der Waals surface area contributed by atoms with Crippen LogP contribution in [0.1, 0.15) is 50.2 Å². The average Bonchev–Trinajstić information content (AvgIpc) is 2.69. The van der Waals surface area contributed by atoms with Crippen LogP contribution in [0.4, 0.5) is 0 Å². The first-order chi connectivity index (χ1) is 12.8. The molecule has 1 saturated carbocycles. The number of benzene rings is 2. The summed E-state index contributed by atoms with van der Waals surface area (Å²) in [6, 6.07) is 17.8. The normalized spacial score (nSPS) is 20.5. The van der Waals surface area contributed by atoms with E-state index < -0.39 is 0 Å². The van der Waals surface area contributed by atoms with Crippen molar-refractivity contribution in [1.82, 2.24) is 0 Å². The third kappa shape index (κ3) is 5.32. The van der Waals surface area contributed by atoms with E-state index in [1.807, 2.05) is 0 Å². The second-order valence-corrected chi connectivity index (χ2v) is 7.67. The van der Waals surface area contributed by atoms with Crippen LogP contribution in [0.25, 0.3) is 11.1 Å². The van der Waals surface area contributed by atoms with Crippen LogP contribution in [0.2, 0.25) is 0 Å². The van der Waals surface area contributed by atoms with Crippen LogP contribution < -0.4 is 0 Å². The first-order valence-corrected chi connectivity index (χ1v) is 10.1. The molecule has 0 N–H and O–H groups in total. The van der Waals surface area contributed by atoms with Gasteiger partial charge in [-0.2, -0.15) is 0 Å². The second-order valence-electron chi connectivity index (χ2n) is 7.67. The van der Waals surface area contributed by atoms with Crippen molar-refractivity contribution >= 4 is 0 Å². The Morgan fingerprint density at radius 1 is 0.846 bits per heavy atom. The van der Waals surface area contributed by atoms with E-state index in [2.05, 4.69) is 67.6 Å². The maximum atomic E-state index is 5.18. The SMILES string of the molecule is C/C=C\[C@H]1CC[C@H](CCc2ccc(-c3ccc(COC)cc3)cc2)CC1. The molecule has 2 aromatic rings. The molecule has 0 amide bonds. The topological polar surface area (TPSA) is 9.23 Å². The highest BCUT2D eigenvalue weighted by Crippen LogP contribution is 2.32. The van der Waals surface area contributed by atoms with Gasteiger partial charge in [0.05, 0.1) is 6.61 Å². The molecule has 2 aromatic carbocycles. The van der Waals surface area contributed by atoms with Crippen LogP contribution in [0.15, 0.2) is 60.7 Å². The zero-order chi connectivity index (χ0) is 18.2. The molecule has 1 aliphatic carbocycles. The number of hydrogen-bond acceptors (Lipinski definition) is 1. The van der Waals surface area contributed by atoms with Crippen LogP contribution in [-0.4, -0.2) is 7.11 Å². The third-order valence-corrected chi connectivity index (χ3v) is 5.75. The Kier molecular flexibility index (Phi) is 7.08. The molecule has 0 unspecified atom stereocenters. The summed E-state index contributed by atoms with van der Waals surface area (Å²) < 4.78 is 5.18. The second kappa shape index (κ2) is 9.73. The highest BCUT2D eigenvalue weighted by atomic mass is 16.5. The number of aryl methyl sites for hydroxylation is 1. The Morgan fingerprint density at radius 3 is 1.96 bits per heavy atom. The molecule has 26 heavy (non-hydrogen) atoms. The summed E-state index contributed by atoms with van der Waals surface area (Å²) in [4.78, 5) is 0. The number of allylic oxidation sites excluding steroid dienone is 2. The molecular formula is C25H32O. The van der Waals surface area contributed by atoms with Gasteiger partial charge in [-0.15, -0.1) is 0 Å². The van der Waals surface area contributed by atoms with Gasteiger partial charge >= 0.3 is 0 Å². The molecule has 138 valence electrons. The Hall–Kier alpha value is -1.86. The maximum Gasteiger partial charge on any atom is 0.0713 e. The van der Waals surface area contributed by atoms with Crippen molar-refractivity contribution in [1.29, 1.82) is 0 Å². The summed E-state index contributed by atoms with van der Waals surface area (Å²) in [6.07, 6.45) is 12.7. The van der Waals surface area contributed by atoms with Crippen molar-refractivity contribution in [2.24, 2.45) is 11.8 Å². The molecule has 3 rings (SSSR count). The molecule has 0 spiro atoms. The lowest BCUT2D eigenvalue weighted by atomic mass is 9.79. The minimum Gasteiger partial charge on any atom is -0.380 e. The van der Waals surface area contributed by atoms with E-state index >= 15 is 0 Å². The predicted octanol–water partition coefficient (Wildman–Crippen LogP) is 6.82. The fourth-order valence-electron chi connectivity index (χ4n) is 4.14. The van der Waals surface area contributed by atoms with Gasteiger partial charge in [0.2, 0.25) is 0 Å². The summed E-state index contributed by atoms with van der Waals surface area (Å²) in [7, 11) is 1.74. The summed E-state index contributed by atoms with van der Waals surface area (Å²) in [5.41, 5.74) is 5.26. The zero-order valence-electron chi connectivity index (χ0n) is 16.3. The van der Waals surface area contributed by atoms with Gasteiger partial charge in [-0.1, -0.05) is 60.7 Å². The predicted molar refractivity (Wildman–Crippen MR) is 111 cm³/mol. The van der Waals surface area contributed by atoms with Crippen molar-refractivity contribution in [3.8, 4) is 11.1 Å². The Labute approximate surface area is 159 Å². The molecule has 1 aliphatic rings. The van der Waals surface area contributed by atoms with Crippen molar-refractivity contribution in [3.63, 3.8) is 0 Å². The highest BCUT2D eigenvalue weighted by molar-refractivity contribution is 5.63. The van der Waals surface area contributed by atoms with Crippen molar-refractivity contribution in [2.45, 2.75) is 52.1 Å². The highest BCUT2D eigenvalue weighted by Gasteiger charge is 2.19. The van der Waals surface area contributed by atoms with Crippen LogP contribution in [0.3, 0.4) is 0 Å². The first-order valence-electron chi connectivity index (χ1n) is 10.1. The first kappa shape index (κ1) is 18.9. The number of ether oxygens (including phenoxy) is 1. The quantitative estimate of drug-likeness (QED) is 0.499. The lowest BCUT2D eigenvalue weighted by molar-refractivity contribution is 0.185. The van der Waals surface area contributed by atoms with Crippen LogP contribution in [-0.2, 0) is 17.8 Å². The molecule has 1 nitrogen and oxygen atoms in total. The van der Waals surface area contributed by atoms with E-state index in [0.717, 1.165) is 11.8 Å². The standard InChI is InChI=1S/C25H32O/c1-3-4-20-5-7-21(8-6-20)9-10-22-11-15-24(16-12-22)25-17-13-23(14-18-25)19-26-2/h3-4,11-18,20-21H,5-10,19H2,1-2H3/b4-3-/t20-,21-. The fourth-order valence-corrected chi connectivity index (χ4v) is 4.14. The van der Waals surface area contributed by atoms with E-state index in [1.165, 1.54) is 60.8 Å². The number of methoxy groups -OCH3 is 1. The molecule has 0 saturated heterocycles. The van der Waals surface area contributed by atoms with E-state index in [9.17, 15) is 0 Å². The number of rotatable bonds is 7. The summed E-state index contributed by atoms with van der Waals surface area (Å²) in [5, 5.41) is 0. The van der Waals surface area contributed by atoms with Crippen molar-refractivity contribution in [3.05, 3.63) is 71.8 Å². The number of hydrogen-bond donors (Lipinski definition) is 0. The monoisotopic (exact) mass is 348 g/mol. The maximum absolute atomic E-state index is 5.18. The van der Waals surface area contributed by atoms with Crippen molar-refractivity contribution in [2.75, 3.05) is 7.11 Å². The van der Waals surface area contributed by atoms with Gasteiger partial charge in [0, 0.05) is 7.11 Å².